The number of thiazole rings is 1. The Balaban J connectivity index is 1.88. The van der Waals surface area contributed by atoms with Crippen LogP contribution in [0.15, 0.2) is 5.38 Å². The lowest BCUT2D eigenvalue weighted by Gasteiger charge is -2.23. The summed E-state index contributed by atoms with van der Waals surface area (Å²) in [6.45, 7) is 4.39. The lowest BCUT2D eigenvalue weighted by molar-refractivity contribution is 0.231. The number of nitrogens with zero attached hydrogens (tertiary/aromatic N) is 2. The van der Waals surface area contributed by atoms with Gasteiger partial charge in [-0.3, -0.25) is 4.90 Å². The summed E-state index contributed by atoms with van der Waals surface area (Å²) in [5, 5.41) is 4.52. The lowest BCUT2D eigenvalue weighted by Crippen LogP contribution is -2.29. The molecule has 0 saturated carbocycles. The van der Waals surface area contributed by atoms with E-state index in [1.54, 1.807) is 11.3 Å². The molecule has 0 bridgehead atoms. The van der Waals surface area contributed by atoms with Crippen LogP contribution in [-0.4, -0.2) is 27.8 Å². The highest BCUT2D eigenvalue weighted by Gasteiger charge is 2.24. The van der Waals surface area contributed by atoms with E-state index in [1.807, 2.05) is 0 Å². The van der Waals surface area contributed by atoms with Gasteiger partial charge in [-0.1, -0.05) is 15.9 Å². The highest BCUT2D eigenvalue weighted by atomic mass is 79.9. The quantitative estimate of drug-likeness (QED) is 0.773. The van der Waals surface area contributed by atoms with Crippen LogP contribution in [0.4, 0.5) is 0 Å². The summed E-state index contributed by atoms with van der Waals surface area (Å²) in [5.74, 6) is 0. The molecule has 2 rings (SSSR count). The number of alkyl halides is 1. The lowest BCUT2D eigenvalue weighted by atomic mass is 10.1. The van der Waals surface area contributed by atoms with Crippen LogP contribution in [-0.2, 0) is 6.54 Å². The number of rotatable bonds is 5. The highest BCUT2D eigenvalue weighted by Crippen LogP contribution is 2.24. The minimum Gasteiger partial charge on any atom is -0.295 e. The average Bonchev–Trinajstić information content (AvgIpc) is 2.86. The highest BCUT2D eigenvalue weighted by molar-refractivity contribution is 9.09. The van der Waals surface area contributed by atoms with Crippen LogP contribution < -0.4 is 0 Å². The molecule has 0 aliphatic carbocycles. The minimum atomic E-state index is 0.791. The predicted octanol–water partition coefficient (Wildman–Crippen LogP) is 3.59. The van der Waals surface area contributed by atoms with Crippen molar-refractivity contribution >= 4 is 27.3 Å². The van der Waals surface area contributed by atoms with E-state index >= 15 is 0 Å². The molecule has 1 aliphatic heterocycles. The summed E-state index contributed by atoms with van der Waals surface area (Å²) in [6.07, 6.45) is 5.35. The van der Waals surface area contributed by atoms with E-state index in [0.717, 1.165) is 17.9 Å². The standard InChI is InChI=1S/C12H19BrN2S/c1-10-14-11(9-16-10)8-15-7-3-5-12(15)4-2-6-13/h9,12H,2-8H2,1H3. The summed E-state index contributed by atoms with van der Waals surface area (Å²) in [4.78, 5) is 7.16. The first-order valence-corrected chi connectivity index (χ1v) is 8.00. The topological polar surface area (TPSA) is 16.1 Å². The van der Waals surface area contributed by atoms with Gasteiger partial charge in [0.15, 0.2) is 0 Å². The summed E-state index contributed by atoms with van der Waals surface area (Å²) in [7, 11) is 0. The Bertz CT molecular complexity index is 327. The number of hydrogen-bond acceptors (Lipinski definition) is 3. The second kappa shape index (κ2) is 6.12. The zero-order valence-corrected chi connectivity index (χ0v) is 12.2. The Morgan fingerprint density at radius 3 is 3.19 bits per heavy atom. The van der Waals surface area contributed by atoms with Crippen molar-refractivity contribution in [3.05, 3.63) is 16.1 Å². The Morgan fingerprint density at radius 2 is 2.50 bits per heavy atom. The second-order valence-corrected chi connectivity index (χ2v) is 6.31. The van der Waals surface area contributed by atoms with Crippen molar-refractivity contribution in [2.45, 2.75) is 45.2 Å². The molecule has 2 nitrogen and oxygen atoms in total. The largest absolute Gasteiger partial charge is 0.295 e. The van der Waals surface area contributed by atoms with Crippen LogP contribution in [0.5, 0.6) is 0 Å². The monoisotopic (exact) mass is 302 g/mol. The number of aromatic nitrogens is 1. The van der Waals surface area contributed by atoms with Crippen molar-refractivity contribution in [3.8, 4) is 0 Å². The van der Waals surface area contributed by atoms with Crippen LogP contribution in [0, 0.1) is 6.92 Å². The molecule has 16 heavy (non-hydrogen) atoms. The summed E-state index contributed by atoms with van der Waals surface area (Å²) in [6, 6.07) is 0.791. The molecule has 1 atom stereocenters. The molecule has 90 valence electrons. The SMILES string of the molecule is Cc1nc(CN2CCCC2CCCBr)cs1. The van der Waals surface area contributed by atoms with Gasteiger partial charge in [0.05, 0.1) is 10.7 Å². The first kappa shape index (κ1) is 12.5. The zero-order valence-electron chi connectivity index (χ0n) is 9.79. The molecule has 0 spiro atoms. The normalized spacial score (nSPS) is 21.8. The second-order valence-electron chi connectivity index (χ2n) is 4.46. The number of halogens is 1. The van der Waals surface area contributed by atoms with Crippen LogP contribution >= 0.6 is 27.3 Å². The van der Waals surface area contributed by atoms with Gasteiger partial charge in [0, 0.05) is 23.3 Å². The van der Waals surface area contributed by atoms with Crippen LogP contribution in [0.2, 0.25) is 0 Å². The van der Waals surface area contributed by atoms with Crippen LogP contribution in [0.1, 0.15) is 36.4 Å². The molecule has 2 heterocycles. The number of hydrogen-bond donors (Lipinski definition) is 0. The maximum Gasteiger partial charge on any atom is 0.0897 e. The Hall–Kier alpha value is 0.0700. The molecule has 0 radical (unpaired) electrons. The van der Waals surface area contributed by atoms with Gasteiger partial charge in [0.25, 0.3) is 0 Å². The predicted molar refractivity (Wildman–Crippen MR) is 73.3 cm³/mol. The van der Waals surface area contributed by atoms with Crippen LogP contribution in [0.3, 0.4) is 0 Å². The molecule has 4 heteroatoms. The third-order valence-corrected chi connectivity index (χ3v) is 4.58. The molecular weight excluding hydrogens is 284 g/mol. The maximum atomic E-state index is 4.56. The number of likely N-dealkylation sites (tertiary alicyclic amines) is 1. The van der Waals surface area contributed by atoms with Crippen molar-refractivity contribution in [1.29, 1.82) is 0 Å². The zero-order chi connectivity index (χ0) is 11.4. The third kappa shape index (κ3) is 3.28. The van der Waals surface area contributed by atoms with E-state index in [4.69, 9.17) is 0 Å². The molecule has 0 aromatic carbocycles. The van der Waals surface area contributed by atoms with Gasteiger partial charge in [0.1, 0.15) is 0 Å². The summed E-state index contributed by atoms with van der Waals surface area (Å²) < 4.78 is 0. The first-order valence-electron chi connectivity index (χ1n) is 6.00. The molecular formula is C12H19BrN2S. The fraction of sp³-hybridized carbons (Fsp3) is 0.750. The fourth-order valence-electron chi connectivity index (χ4n) is 2.43. The molecule has 1 unspecified atom stereocenters. The summed E-state index contributed by atoms with van der Waals surface area (Å²) in [5.41, 5.74) is 1.26. The van der Waals surface area contributed by atoms with Gasteiger partial charge in [-0.25, -0.2) is 4.98 Å². The van der Waals surface area contributed by atoms with Crippen molar-refractivity contribution in [3.63, 3.8) is 0 Å². The van der Waals surface area contributed by atoms with E-state index in [9.17, 15) is 0 Å². The van der Waals surface area contributed by atoms with Crippen LogP contribution in [0.25, 0.3) is 0 Å². The van der Waals surface area contributed by atoms with E-state index < -0.39 is 0 Å². The Kier molecular flexibility index (Phi) is 4.79. The number of aryl methyl sites for hydroxylation is 1. The molecule has 1 fully saturated rings. The Labute approximate surface area is 110 Å². The van der Waals surface area contributed by atoms with E-state index in [1.165, 1.54) is 42.9 Å². The molecule has 1 aromatic rings. The Morgan fingerprint density at radius 1 is 1.62 bits per heavy atom. The van der Waals surface area contributed by atoms with Gasteiger partial charge < -0.3 is 0 Å². The smallest absolute Gasteiger partial charge is 0.0897 e. The summed E-state index contributed by atoms with van der Waals surface area (Å²) >= 11 is 5.28. The fourth-order valence-corrected chi connectivity index (χ4v) is 3.36. The van der Waals surface area contributed by atoms with E-state index in [-0.39, 0.29) is 0 Å². The molecule has 0 N–H and O–H groups in total. The third-order valence-electron chi connectivity index (χ3n) is 3.20. The van der Waals surface area contributed by atoms with Crippen molar-refractivity contribution in [2.75, 3.05) is 11.9 Å². The van der Waals surface area contributed by atoms with E-state index in [0.29, 0.717) is 0 Å². The van der Waals surface area contributed by atoms with Gasteiger partial charge in [-0.2, -0.15) is 0 Å². The molecule has 0 amide bonds. The van der Waals surface area contributed by atoms with Crippen molar-refractivity contribution in [2.24, 2.45) is 0 Å². The molecule has 1 aliphatic rings. The van der Waals surface area contributed by atoms with Crippen molar-refractivity contribution in [1.82, 2.24) is 9.88 Å². The molecule has 1 saturated heterocycles. The first-order chi connectivity index (χ1) is 7.79. The van der Waals surface area contributed by atoms with Gasteiger partial charge in [-0.15, -0.1) is 11.3 Å². The van der Waals surface area contributed by atoms with Crippen molar-refractivity contribution < 1.29 is 0 Å². The van der Waals surface area contributed by atoms with Gasteiger partial charge in [-0.05, 0) is 39.2 Å². The van der Waals surface area contributed by atoms with Gasteiger partial charge in [0.2, 0.25) is 0 Å². The molecule has 1 aromatic heterocycles. The maximum absolute atomic E-state index is 4.56. The van der Waals surface area contributed by atoms with E-state index in [2.05, 4.69) is 38.1 Å². The van der Waals surface area contributed by atoms with Gasteiger partial charge >= 0.3 is 0 Å². The average molecular weight is 303 g/mol. The minimum absolute atomic E-state index is 0.791.